The third kappa shape index (κ3) is 4.52. The molecule has 0 radical (unpaired) electrons. The maximum atomic E-state index is 10.5. The molecule has 0 N–H and O–H groups in total. The molecule has 8 nitrogen and oxygen atoms in total. The van der Waals surface area contributed by atoms with Gasteiger partial charge in [-0.05, 0) is 24.7 Å². The van der Waals surface area contributed by atoms with Crippen molar-refractivity contribution in [2.75, 3.05) is 26.2 Å². The van der Waals surface area contributed by atoms with Gasteiger partial charge in [0.15, 0.2) is 0 Å². The van der Waals surface area contributed by atoms with Crippen LogP contribution in [0.1, 0.15) is 19.3 Å². The number of carbonyl (C=O) groups excluding carboxylic acids is 4. The van der Waals surface area contributed by atoms with Gasteiger partial charge in [0.1, 0.15) is 0 Å². The van der Waals surface area contributed by atoms with Crippen LogP contribution in [0.5, 0.6) is 0 Å². The Morgan fingerprint density at radius 2 is 1.36 bits per heavy atom. The zero-order valence-corrected chi connectivity index (χ0v) is 12.0. The second-order valence-electron chi connectivity index (χ2n) is 5.30. The molecule has 0 aromatic carbocycles. The minimum atomic E-state index is -0.601. The van der Waals surface area contributed by atoms with E-state index in [1.807, 2.05) is 0 Å². The average molecular weight is 304 g/mol. The van der Waals surface area contributed by atoms with Crippen LogP contribution in [-0.2, 0) is 19.2 Å². The lowest BCUT2D eigenvalue weighted by Crippen LogP contribution is -2.46. The number of hydrogen-bond acceptors (Lipinski definition) is 8. The van der Waals surface area contributed by atoms with E-state index < -0.39 is 5.41 Å². The molecule has 0 aliphatic heterocycles. The molecule has 22 heavy (non-hydrogen) atoms. The van der Waals surface area contributed by atoms with Crippen molar-refractivity contribution >= 4 is 24.3 Å². The summed E-state index contributed by atoms with van der Waals surface area (Å²) in [6.07, 6.45) is 8.25. The van der Waals surface area contributed by atoms with Crippen LogP contribution in [0.15, 0.2) is 20.0 Å². The number of rotatable bonds is 8. The largest absolute Gasteiger partial charge is 0.234 e. The first-order valence-corrected chi connectivity index (χ1v) is 6.88. The van der Waals surface area contributed by atoms with Gasteiger partial charge in [0, 0.05) is 5.41 Å². The third-order valence-corrected chi connectivity index (χ3v) is 4.27. The molecule has 0 bridgehead atoms. The highest BCUT2D eigenvalue weighted by atomic mass is 16.1. The molecular weight excluding hydrogens is 288 g/mol. The van der Waals surface area contributed by atoms with Crippen LogP contribution in [-0.4, -0.2) is 50.5 Å². The number of nitrogens with zero attached hydrogens (tertiary/aromatic N) is 4. The van der Waals surface area contributed by atoms with Crippen molar-refractivity contribution < 1.29 is 19.2 Å². The van der Waals surface area contributed by atoms with Crippen LogP contribution < -0.4 is 0 Å². The molecule has 0 saturated heterocycles. The quantitative estimate of drug-likeness (QED) is 0.485. The predicted octanol–water partition coefficient (Wildman–Crippen LogP) is 0.732. The minimum Gasteiger partial charge on any atom is -0.211 e. The Hall–Kier alpha value is -2.48. The van der Waals surface area contributed by atoms with Crippen molar-refractivity contribution in [1.82, 2.24) is 0 Å². The van der Waals surface area contributed by atoms with Gasteiger partial charge in [-0.2, -0.15) is 0 Å². The Kier molecular flexibility index (Phi) is 7.55. The van der Waals surface area contributed by atoms with Crippen molar-refractivity contribution in [2.45, 2.75) is 19.3 Å². The van der Waals surface area contributed by atoms with Crippen LogP contribution >= 0.6 is 0 Å². The molecule has 1 fully saturated rings. The molecule has 116 valence electrons. The molecule has 1 rings (SSSR count). The summed E-state index contributed by atoms with van der Waals surface area (Å²) in [4.78, 5) is 56.3. The molecule has 0 amide bonds. The summed E-state index contributed by atoms with van der Waals surface area (Å²) in [7, 11) is 0. The first-order valence-electron chi connectivity index (χ1n) is 6.88. The van der Waals surface area contributed by atoms with Crippen molar-refractivity contribution in [3.05, 3.63) is 0 Å². The maximum Gasteiger partial charge on any atom is 0.234 e. The maximum absolute atomic E-state index is 10.5. The van der Waals surface area contributed by atoms with Gasteiger partial charge in [-0.1, -0.05) is 6.42 Å². The molecule has 0 aromatic heterocycles. The second kappa shape index (κ2) is 9.46. The lowest BCUT2D eigenvalue weighted by molar-refractivity contribution is 0.0671. The van der Waals surface area contributed by atoms with Gasteiger partial charge in [0.2, 0.25) is 24.3 Å². The van der Waals surface area contributed by atoms with Crippen LogP contribution in [0.3, 0.4) is 0 Å². The van der Waals surface area contributed by atoms with Gasteiger partial charge in [-0.25, -0.2) is 39.1 Å². The SMILES string of the molecule is O=C=NCC1CCCC(CN=C=O)(CN=C=O)C1CN=C=O. The second-order valence-corrected chi connectivity index (χ2v) is 5.30. The Morgan fingerprint density at radius 3 is 1.91 bits per heavy atom. The highest BCUT2D eigenvalue weighted by Gasteiger charge is 2.45. The smallest absolute Gasteiger partial charge is 0.211 e. The van der Waals surface area contributed by atoms with E-state index in [1.54, 1.807) is 0 Å². The molecule has 1 aliphatic rings. The van der Waals surface area contributed by atoms with Crippen LogP contribution in [0.25, 0.3) is 0 Å². The van der Waals surface area contributed by atoms with Gasteiger partial charge >= 0.3 is 0 Å². The number of hydrogen-bond donors (Lipinski definition) is 0. The zero-order valence-electron chi connectivity index (χ0n) is 12.0. The summed E-state index contributed by atoms with van der Waals surface area (Å²) in [5, 5.41) is 0. The first-order chi connectivity index (χ1) is 10.7. The Balaban J connectivity index is 3.18. The van der Waals surface area contributed by atoms with Crippen LogP contribution in [0.4, 0.5) is 0 Å². The highest BCUT2D eigenvalue weighted by molar-refractivity contribution is 5.35. The molecule has 2 atom stereocenters. The fourth-order valence-electron chi connectivity index (χ4n) is 3.28. The molecule has 0 aromatic rings. The van der Waals surface area contributed by atoms with Crippen molar-refractivity contribution in [1.29, 1.82) is 0 Å². The van der Waals surface area contributed by atoms with E-state index in [0.29, 0.717) is 6.42 Å². The standard InChI is InChI=1S/C14H16N4O4/c19-8-15-4-12-2-1-3-14(6-17-10-21,7-18-11-22)13(12)5-16-9-20/h12-13H,1-7H2. The summed E-state index contributed by atoms with van der Waals surface area (Å²) < 4.78 is 0. The fraction of sp³-hybridized carbons (Fsp3) is 0.714. The van der Waals surface area contributed by atoms with E-state index >= 15 is 0 Å². The lowest BCUT2D eigenvalue weighted by Gasteiger charge is -2.45. The Labute approximate surface area is 127 Å². The average Bonchev–Trinajstić information content (AvgIpc) is 2.55. The highest BCUT2D eigenvalue weighted by Crippen LogP contribution is 2.45. The van der Waals surface area contributed by atoms with Gasteiger partial charge in [-0.15, -0.1) is 0 Å². The zero-order chi connectivity index (χ0) is 16.3. The summed E-state index contributed by atoms with van der Waals surface area (Å²) >= 11 is 0. The van der Waals surface area contributed by atoms with Crippen LogP contribution in [0, 0.1) is 17.3 Å². The van der Waals surface area contributed by atoms with Crippen molar-refractivity contribution in [2.24, 2.45) is 37.2 Å². The van der Waals surface area contributed by atoms with Gasteiger partial charge in [0.05, 0.1) is 26.2 Å². The molecular formula is C14H16N4O4. The van der Waals surface area contributed by atoms with Gasteiger partial charge < -0.3 is 0 Å². The van der Waals surface area contributed by atoms with E-state index in [9.17, 15) is 19.2 Å². The van der Waals surface area contributed by atoms with E-state index in [0.717, 1.165) is 12.8 Å². The summed E-state index contributed by atoms with van der Waals surface area (Å²) in [6.45, 7) is 0.662. The Morgan fingerprint density at radius 1 is 0.818 bits per heavy atom. The Bertz CT molecular complexity index is 545. The minimum absolute atomic E-state index is 0.0315. The normalized spacial score (nSPS) is 26.5. The summed E-state index contributed by atoms with van der Waals surface area (Å²) in [5.74, 6) is -0.231. The molecule has 2 unspecified atom stereocenters. The fourth-order valence-corrected chi connectivity index (χ4v) is 3.28. The third-order valence-electron chi connectivity index (χ3n) is 4.27. The van der Waals surface area contributed by atoms with Gasteiger partial charge in [0.25, 0.3) is 0 Å². The van der Waals surface area contributed by atoms with Crippen molar-refractivity contribution in [3.63, 3.8) is 0 Å². The summed E-state index contributed by atoms with van der Waals surface area (Å²) in [6, 6.07) is 0. The number of isocyanates is 4. The lowest BCUT2D eigenvalue weighted by atomic mass is 9.61. The van der Waals surface area contributed by atoms with E-state index in [2.05, 4.69) is 20.0 Å². The molecule has 1 saturated carbocycles. The van der Waals surface area contributed by atoms with E-state index in [-0.39, 0.29) is 38.0 Å². The van der Waals surface area contributed by atoms with E-state index in [4.69, 9.17) is 0 Å². The van der Waals surface area contributed by atoms with Crippen LogP contribution in [0.2, 0.25) is 0 Å². The molecule has 0 heterocycles. The van der Waals surface area contributed by atoms with Gasteiger partial charge in [-0.3, -0.25) is 0 Å². The first kappa shape index (κ1) is 17.6. The molecule has 8 heteroatoms. The van der Waals surface area contributed by atoms with E-state index in [1.165, 1.54) is 24.3 Å². The molecule has 0 spiro atoms. The summed E-state index contributed by atoms with van der Waals surface area (Å²) in [5.41, 5.74) is -0.601. The molecule has 1 aliphatic carbocycles. The number of aliphatic imine (C=N–C) groups is 4. The van der Waals surface area contributed by atoms with Crippen molar-refractivity contribution in [3.8, 4) is 0 Å². The topological polar surface area (TPSA) is 118 Å². The monoisotopic (exact) mass is 304 g/mol. The predicted molar refractivity (Wildman–Crippen MR) is 75.2 cm³/mol.